The van der Waals surface area contributed by atoms with E-state index in [-0.39, 0.29) is 11.4 Å². The topological polar surface area (TPSA) is 152 Å². The number of benzene rings is 6. The van der Waals surface area contributed by atoms with Crippen molar-refractivity contribution < 1.29 is 47.1 Å². The van der Waals surface area contributed by atoms with Crippen molar-refractivity contribution in [3.63, 3.8) is 0 Å². The average Bonchev–Trinajstić information content (AvgIpc) is 3.45. The van der Waals surface area contributed by atoms with E-state index in [0.717, 1.165) is 0 Å². The predicted octanol–water partition coefficient (Wildman–Crippen LogP) is 5.35. The second-order valence-electron chi connectivity index (χ2n) is 14.9. The summed E-state index contributed by atoms with van der Waals surface area (Å²) in [5, 5.41) is 0. The van der Waals surface area contributed by atoms with Gasteiger partial charge in [0.05, 0.1) is 0 Å². The molecule has 366 valence electrons. The fraction of sp³-hybridized carbons (Fsp3) is 0.111. The zero-order chi connectivity index (χ0) is 49.9. The van der Waals surface area contributed by atoms with Crippen molar-refractivity contribution in [1.82, 2.24) is 9.97 Å². The number of nitrogens with zero attached hydrogens (tertiary/aromatic N) is 2. The van der Waals surface area contributed by atoms with Gasteiger partial charge >= 0.3 is 431 Å². The molecular weight excluding hydrogens is 1250 g/mol. The van der Waals surface area contributed by atoms with Crippen LogP contribution in [-0.4, -0.2) is 122 Å². The molecule has 0 aliphatic carbocycles. The van der Waals surface area contributed by atoms with Crippen molar-refractivity contribution >= 4 is 90.6 Å². The second-order valence-corrected chi connectivity index (χ2v) is 38.5. The van der Waals surface area contributed by atoms with Gasteiger partial charge in [0, 0.05) is 0 Å². The summed E-state index contributed by atoms with van der Waals surface area (Å²) >= 11 is -16.6. The van der Waals surface area contributed by atoms with Crippen LogP contribution in [0.1, 0.15) is 21.0 Å². The Morgan fingerprint density at radius 3 is 0.732 bits per heavy atom. The van der Waals surface area contributed by atoms with E-state index in [4.69, 9.17) is 37.6 Å². The van der Waals surface area contributed by atoms with Crippen molar-refractivity contribution in [3.8, 4) is 34.5 Å². The minimum absolute atomic E-state index is 0.0509. The molecular formula is C54H50N2O12Te3. The number of pyridine rings is 2. The van der Waals surface area contributed by atoms with Crippen LogP contribution >= 0.6 is 0 Å². The molecule has 2 aromatic heterocycles. The molecule has 0 saturated heterocycles. The van der Waals surface area contributed by atoms with Crippen LogP contribution in [0, 0.1) is 0 Å². The number of rotatable bonds is 20. The molecule has 0 amide bonds. The maximum absolute atomic E-state index is 15.0. The molecule has 8 aromatic rings. The summed E-state index contributed by atoms with van der Waals surface area (Å²) in [6.07, 6.45) is 3.05. The van der Waals surface area contributed by atoms with Crippen LogP contribution in [0.4, 0.5) is 0 Å². The van der Waals surface area contributed by atoms with E-state index >= 15 is 9.59 Å². The van der Waals surface area contributed by atoms with Gasteiger partial charge in [0.2, 0.25) is 0 Å². The standard InChI is InChI=1S/C54H50N2O12Te3/c1-59-39-13-25-45(26-14-39)69(46-27-15-40(60-2)16-28-46,65-53(57)51-11-7-9-37-55-51)67-71(49-33-21-43(63-5)22-34-49,50-35-23-44(64-6)24-36-50)68-70(47-29-17-41(61-3)18-30-47,48-31-19-42(62-4)20-32-48)66-54(58)52-12-8-10-38-56-52/h7-38H,1-6H3. The van der Waals surface area contributed by atoms with E-state index in [9.17, 15) is 0 Å². The summed E-state index contributed by atoms with van der Waals surface area (Å²) in [7, 11) is 9.45. The molecule has 0 atom stereocenters. The van der Waals surface area contributed by atoms with Gasteiger partial charge in [-0.05, 0) is 0 Å². The molecule has 0 aliphatic heterocycles. The zero-order valence-electron chi connectivity index (χ0n) is 39.5. The Morgan fingerprint density at radius 2 is 0.535 bits per heavy atom. The Morgan fingerprint density at radius 1 is 0.310 bits per heavy atom. The summed E-state index contributed by atoms with van der Waals surface area (Å²) in [5.41, 5.74) is 0.102. The summed E-state index contributed by atoms with van der Waals surface area (Å²) in [4.78, 5) is 38.9. The van der Waals surface area contributed by atoms with Gasteiger partial charge in [-0.25, -0.2) is 0 Å². The van der Waals surface area contributed by atoms with Gasteiger partial charge in [-0.15, -0.1) is 0 Å². The van der Waals surface area contributed by atoms with Crippen LogP contribution in [0.3, 0.4) is 0 Å². The number of hydrogen-bond acceptors (Lipinski definition) is 14. The SMILES string of the molecule is COc1ccc([Te](OC(=O)c2ccccn2)(O[Te](O[Te](OC(=O)c2ccccn2)(c2ccc(OC)cc2)c2ccc(OC)cc2)(c2ccc(OC)cc2)c2ccc(OC)cc2)c2ccc(OC)cc2)cc1. The Labute approximate surface area is 427 Å². The summed E-state index contributed by atoms with van der Waals surface area (Å²) in [6, 6.07) is 53.9. The van der Waals surface area contributed by atoms with Crippen molar-refractivity contribution in [1.29, 1.82) is 0 Å². The molecule has 0 spiro atoms. The van der Waals surface area contributed by atoms with Crippen molar-refractivity contribution in [2.75, 3.05) is 42.7 Å². The first kappa shape index (κ1) is 51.0. The van der Waals surface area contributed by atoms with Gasteiger partial charge in [-0.3, -0.25) is 0 Å². The second kappa shape index (κ2) is 23.3. The van der Waals surface area contributed by atoms with Crippen LogP contribution in [0.5, 0.6) is 34.5 Å². The van der Waals surface area contributed by atoms with Crippen molar-refractivity contribution in [2.24, 2.45) is 0 Å². The molecule has 0 aliphatic rings. The molecule has 0 unspecified atom stereocenters. The third kappa shape index (κ3) is 11.1. The average molecular weight is 1300 g/mol. The predicted molar refractivity (Wildman–Crippen MR) is 275 cm³/mol. The first-order valence-electron chi connectivity index (χ1n) is 21.7. The van der Waals surface area contributed by atoms with Crippen molar-refractivity contribution in [2.45, 2.75) is 0 Å². The van der Waals surface area contributed by atoms with Crippen molar-refractivity contribution in [3.05, 3.63) is 206 Å². The van der Waals surface area contributed by atoms with Gasteiger partial charge in [0.25, 0.3) is 0 Å². The number of carbonyl (C=O) groups is 2. The minimum atomic E-state index is -5.64. The Hall–Kier alpha value is -6.35. The van der Waals surface area contributed by atoms with E-state index in [0.29, 0.717) is 56.2 Å². The Balaban J connectivity index is 1.54. The summed E-state index contributed by atoms with van der Waals surface area (Å²) < 4.78 is 68.5. The molecule has 0 bridgehead atoms. The molecule has 0 N–H and O–H groups in total. The first-order chi connectivity index (χ1) is 34.6. The molecule has 6 aromatic carbocycles. The molecule has 0 saturated carbocycles. The molecule has 17 heteroatoms. The van der Waals surface area contributed by atoms with Gasteiger partial charge in [0.1, 0.15) is 0 Å². The van der Waals surface area contributed by atoms with Crippen LogP contribution in [0.2, 0.25) is 0 Å². The monoisotopic (exact) mass is 1310 g/mol. The quantitative estimate of drug-likeness (QED) is 0.0903. The van der Waals surface area contributed by atoms with E-state index in [2.05, 4.69) is 9.97 Å². The van der Waals surface area contributed by atoms with Gasteiger partial charge in [-0.1, -0.05) is 0 Å². The molecule has 0 radical (unpaired) electrons. The number of hydrogen-bond donors (Lipinski definition) is 0. The third-order valence-electron chi connectivity index (χ3n) is 10.7. The number of aromatic nitrogens is 2. The molecule has 14 nitrogen and oxygen atoms in total. The number of ether oxygens (including phenoxy) is 6. The fourth-order valence-electron chi connectivity index (χ4n) is 7.02. The van der Waals surface area contributed by atoms with Gasteiger partial charge < -0.3 is 0 Å². The van der Waals surface area contributed by atoms with Crippen LogP contribution in [-0.2, 0) is 9.13 Å². The third-order valence-corrected chi connectivity index (χ3v) is 45.1. The maximum atomic E-state index is 15.0. The van der Waals surface area contributed by atoms with E-state index < -0.39 is 68.9 Å². The van der Waals surface area contributed by atoms with Crippen LogP contribution < -0.4 is 50.1 Å². The first-order valence-corrected chi connectivity index (χ1v) is 34.4. The fourth-order valence-corrected chi connectivity index (χ4v) is 51.0. The summed E-state index contributed by atoms with van der Waals surface area (Å²) in [5.74, 6) is 1.86. The number of carbonyl (C=O) groups excluding carboxylic acids is 2. The Kier molecular flexibility index (Phi) is 16.7. The molecule has 0 fully saturated rings. The molecule has 8 rings (SSSR count). The van der Waals surface area contributed by atoms with E-state index in [1.54, 1.807) is 128 Å². The molecule has 71 heavy (non-hydrogen) atoms. The van der Waals surface area contributed by atoms with Crippen LogP contribution in [0.25, 0.3) is 0 Å². The van der Waals surface area contributed by atoms with Crippen LogP contribution in [0.15, 0.2) is 194 Å². The Bertz CT molecular complexity index is 2710. The summed E-state index contributed by atoms with van der Waals surface area (Å²) in [6.45, 7) is 0. The normalized spacial score (nSPS) is 12.1. The van der Waals surface area contributed by atoms with E-state index in [1.165, 1.54) is 12.4 Å². The van der Waals surface area contributed by atoms with Gasteiger partial charge in [0.15, 0.2) is 0 Å². The number of methoxy groups -OCH3 is 6. The zero-order valence-corrected chi connectivity index (χ0v) is 46.5. The van der Waals surface area contributed by atoms with Gasteiger partial charge in [-0.2, -0.15) is 0 Å². The molecule has 2 heterocycles. The van der Waals surface area contributed by atoms with E-state index in [1.807, 2.05) is 97.1 Å².